The quantitative estimate of drug-likeness (QED) is 0.340. The normalized spacial score (nSPS) is 20.0. The van der Waals surface area contributed by atoms with E-state index in [9.17, 15) is 4.79 Å². The Labute approximate surface area is 239 Å². The summed E-state index contributed by atoms with van der Waals surface area (Å²) in [5.41, 5.74) is 5.50. The number of nitrogens with one attached hydrogen (secondary N) is 1. The smallest absolute Gasteiger partial charge is 0.449 e. The van der Waals surface area contributed by atoms with Gasteiger partial charge < -0.3 is 28.8 Å². The van der Waals surface area contributed by atoms with Gasteiger partial charge in [-0.25, -0.2) is 4.79 Å². The van der Waals surface area contributed by atoms with Gasteiger partial charge in [0, 0.05) is 12.5 Å². The van der Waals surface area contributed by atoms with Crippen molar-refractivity contribution in [3.8, 4) is 11.1 Å². The molecule has 3 aromatic rings. The summed E-state index contributed by atoms with van der Waals surface area (Å²) in [6.07, 6.45) is 1.19. The maximum Gasteiger partial charge on any atom is 0.492 e. The lowest BCUT2D eigenvalue weighted by molar-refractivity contribution is -0.0413. The third kappa shape index (κ3) is 5.24. The molecule has 2 aromatic carbocycles. The maximum absolute atomic E-state index is 13.0. The van der Waals surface area contributed by atoms with Gasteiger partial charge in [-0.05, 0) is 72.4 Å². The SMILES string of the molecule is CC1(C)OB(C(=Cc2csc(C3OCCO3)c2)CNC(=O)OCC2c3ccccc3-c3ccccc32)OC1(C)C. The molecule has 0 saturated carbocycles. The highest BCUT2D eigenvalue weighted by atomic mass is 32.1. The first-order chi connectivity index (χ1) is 19.2. The molecule has 6 rings (SSSR count). The van der Waals surface area contributed by atoms with E-state index < -0.39 is 24.4 Å². The Balaban J connectivity index is 1.16. The lowest BCUT2D eigenvalue weighted by Gasteiger charge is -2.32. The number of thiophene rings is 1. The summed E-state index contributed by atoms with van der Waals surface area (Å²) in [5.74, 6) is 0.000474. The van der Waals surface area contributed by atoms with Gasteiger partial charge in [0.2, 0.25) is 0 Å². The van der Waals surface area contributed by atoms with E-state index in [0.717, 1.165) is 15.9 Å². The van der Waals surface area contributed by atoms with Gasteiger partial charge in [0.1, 0.15) is 6.61 Å². The Bertz CT molecular complexity index is 1360. The number of benzene rings is 2. The van der Waals surface area contributed by atoms with E-state index in [1.54, 1.807) is 11.3 Å². The molecule has 7 nitrogen and oxygen atoms in total. The van der Waals surface area contributed by atoms with Crippen LogP contribution in [0.25, 0.3) is 17.2 Å². The van der Waals surface area contributed by atoms with Crippen molar-refractivity contribution in [1.29, 1.82) is 0 Å². The van der Waals surface area contributed by atoms with Crippen molar-refractivity contribution in [3.63, 3.8) is 0 Å². The van der Waals surface area contributed by atoms with Crippen LogP contribution in [0.1, 0.15) is 61.5 Å². The molecule has 208 valence electrons. The molecular weight excluding hydrogens is 525 g/mol. The Morgan fingerprint density at radius 1 is 1.00 bits per heavy atom. The predicted molar refractivity (Wildman–Crippen MR) is 156 cm³/mol. The summed E-state index contributed by atoms with van der Waals surface area (Å²) >= 11 is 1.58. The summed E-state index contributed by atoms with van der Waals surface area (Å²) in [4.78, 5) is 14.0. The van der Waals surface area contributed by atoms with E-state index >= 15 is 0 Å². The average Bonchev–Trinajstić information content (AvgIpc) is 3.71. The fourth-order valence-corrected chi connectivity index (χ4v) is 6.18. The first-order valence-electron chi connectivity index (χ1n) is 13.7. The fraction of sp³-hybridized carbons (Fsp3) is 0.387. The zero-order valence-corrected chi connectivity index (χ0v) is 24.1. The van der Waals surface area contributed by atoms with Crippen LogP contribution in [-0.2, 0) is 23.5 Å². The number of carbonyl (C=O) groups excluding carboxylic acids is 1. The molecule has 1 aromatic heterocycles. The van der Waals surface area contributed by atoms with Crippen LogP contribution in [0.15, 0.2) is 65.4 Å². The van der Waals surface area contributed by atoms with E-state index in [4.69, 9.17) is 23.5 Å². The molecule has 9 heteroatoms. The molecule has 0 spiro atoms. The van der Waals surface area contributed by atoms with Crippen molar-refractivity contribution in [2.45, 2.75) is 51.1 Å². The number of fused-ring (bicyclic) bond motifs is 3. The maximum atomic E-state index is 13.0. The Kier molecular flexibility index (Phi) is 7.35. The first-order valence-corrected chi connectivity index (χ1v) is 14.6. The summed E-state index contributed by atoms with van der Waals surface area (Å²) in [7, 11) is -0.610. The van der Waals surface area contributed by atoms with Crippen LogP contribution < -0.4 is 5.32 Å². The number of alkyl carbamates (subject to hydrolysis) is 1. The molecule has 2 saturated heterocycles. The largest absolute Gasteiger partial charge is 0.492 e. The number of carbonyl (C=O) groups is 1. The average molecular weight is 559 g/mol. The molecule has 40 heavy (non-hydrogen) atoms. The molecule has 0 atom stereocenters. The van der Waals surface area contributed by atoms with Crippen molar-refractivity contribution in [1.82, 2.24) is 5.32 Å². The van der Waals surface area contributed by atoms with Gasteiger partial charge in [-0.1, -0.05) is 54.6 Å². The van der Waals surface area contributed by atoms with Crippen molar-refractivity contribution >= 4 is 30.6 Å². The molecule has 0 unspecified atom stereocenters. The van der Waals surface area contributed by atoms with Crippen molar-refractivity contribution in [2.75, 3.05) is 26.4 Å². The Morgan fingerprint density at radius 3 is 2.23 bits per heavy atom. The van der Waals surface area contributed by atoms with Gasteiger partial charge in [-0.2, -0.15) is 0 Å². The number of ether oxygens (including phenoxy) is 3. The predicted octanol–water partition coefficient (Wildman–Crippen LogP) is 6.35. The minimum Gasteiger partial charge on any atom is -0.449 e. The van der Waals surface area contributed by atoms with Crippen LogP contribution in [0.3, 0.4) is 0 Å². The van der Waals surface area contributed by atoms with E-state index in [1.165, 1.54) is 22.3 Å². The second-order valence-electron chi connectivity index (χ2n) is 11.3. The molecule has 3 heterocycles. The van der Waals surface area contributed by atoms with Gasteiger partial charge in [0.25, 0.3) is 0 Å². The minimum absolute atomic E-state index is 0.000474. The molecule has 1 aliphatic carbocycles. The molecule has 3 aliphatic rings. The number of hydrogen-bond acceptors (Lipinski definition) is 7. The van der Waals surface area contributed by atoms with Gasteiger partial charge in [-0.15, -0.1) is 11.3 Å². The van der Waals surface area contributed by atoms with Crippen molar-refractivity contribution in [3.05, 3.63) is 87.0 Å². The number of rotatable bonds is 7. The van der Waals surface area contributed by atoms with Crippen LogP contribution in [0.2, 0.25) is 0 Å². The highest BCUT2D eigenvalue weighted by Crippen LogP contribution is 2.44. The second kappa shape index (κ2) is 10.8. The molecule has 2 aliphatic heterocycles. The topological polar surface area (TPSA) is 75.2 Å². The van der Waals surface area contributed by atoms with Crippen LogP contribution in [0, 0.1) is 0 Å². The molecule has 0 bridgehead atoms. The Morgan fingerprint density at radius 2 is 1.60 bits per heavy atom. The molecule has 1 N–H and O–H groups in total. The van der Waals surface area contributed by atoms with Crippen LogP contribution >= 0.6 is 11.3 Å². The summed E-state index contributed by atoms with van der Waals surface area (Å²) in [6.45, 7) is 9.72. The van der Waals surface area contributed by atoms with E-state index in [2.05, 4.69) is 29.6 Å². The fourth-order valence-electron chi connectivity index (χ4n) is 5.32. The third-order valence-electron chi connectivity index (χ3n) is 8.18. The highest BCUT2D eigenvalue weighted by Gasteiger charge is 2.52. The Hall–Kier alpha value is -2.95. The highest BCUT2D eigenvalue weighted by molar-refractivity contribution is 7.10. The van der Waals surface area contributed by atoms with Crippen molar-refractivity contribution < 1.29 is 28.3 Å². The zero-order chi connectivity index (χ0) is 27.9. The summed E-state index contributed by atoms with van der Waals surface area (Å²) < 4.78 is 29.7. The van der Waals surface area contributed by atoms with Gasteiger partial charge in [0.15, 0.2) is 6.29 Å². The minimum atomic E-state index is -0.610. The number of amides is 1. The zero-order valence-electron chi connectivity index (χ0n) is 23.3. The van der Waals surface area contributed by atoms with Gasteiger partial charge >= 0.3 is 13.2 Å². The lowest BCUT2D eigenvalue weighted by atomic mass is 9.77. The van der Waals surface area contributed by atoms with E-state index in [-0.39, 0.29) is 25.4 Å². The van der Waals surface area contributed by atoms with Crippen molar-refractivity contribution in [2.24, 2.45) is 0 Å². The molecule has 2 fully saturated rings. The second-order valence-corrected chi connectivity index (χ2v) is 12.3. The van der Waals surface area contributed by atoms with Crippen LogP contribution in [0.5, 0.6) is 0 Å². The monoisotopic (exact) mass is 559 g/mol. The van der Waals surface area contributed by atoms with E-state index in [1.807, 2.05) is 69.5 Å². The van der Waals surface area contributed by atoms with E-state index in [0.29, 0.717) is 13.2 Å². The summed E-state index contributed by atoms with van der Waals surface area (Å²) in [5, 5.41) is 4.97. The number of hydrogen-bond donors (Lipinski definition) is 1. The first kappa shape index (κ1) is 27.2. The van der Waals surface area contributed by atoms with Crippen LogP contribution in [0.4, 0.5) is 4.79 Å². The van der Waals surface area contributed by atoms with Gasteiger partial charge in [-0.3, -0.25) is 0 Å². The lowest BCUT2D eigenvalue weighted by Crippen LogP contribution is -2.41. The molecule has 1 amide bonds. The summed E-state index contributed by atoms with van der Waals surface area (Å²) in [6, 6.07) is 18.6. The van der Waals surface area contributed by atoms with Gasteiger partial charge in [0.05, 0.1) is 29.3 Å². The van der Waals surface area contributed by atoms with Crippen LogP contribution in [-0.4, -0.2) is 50.8 Å². The standard InChI is InChI=1S/C31H34BNO6S/c1-30(2)31(3,4)39-32(38-30)21(15-20-16-27(40-19-20)28-35-13-14-36-28)17-33-29(34)37-18-26-24-11-7-5-9-22(24)23-10-6-8-12-25(23)26/h5-12,15-16,19,26,28H,13-14,17-18H2,1-4H3,(H,33,34). The molecule has 0 radical (unpaired) electrons. The third-order valence-corrected chi connectivity index (χ3v) is 9.16. The molecular formula is C31H34BNO6S.